The molecule has 4 nitrogen and oxygen atoms in total. The smallest absolute Gasteiger partial charge is 0.206 e. The van der Waals surface area contributed by atoms with Gasteiger partial charge in [0.15, 0.2) is 0 Å². The van der Waals surface area contributed by atoms with Gasteiger partial charge in [0.05, 0.1) is 5.69 Å². The Bertz CT molecular complexity index is 377. The maximum absolute atomic E-state index is 4.78. The maximum Gasteiger partial charge on any atom is 0.206 e. The van der Waals surface area contributed by atoms with Crippen molar-refractivity contribution in [1.29, 1.82) is 0 Å². The standard InChI is InChI=1S/C12H20N4/c1-10-11-4-2-3-7-16(11)12(14-10)15-8-5-13-6-9-15/h13H,2-9H2,1H3. The molecule has 0 unspecified atom stereocenters. The van der Waals surface area contributed by atoms with Crippen LogP contribution >= 0.6 is 0 Å². The fourth-order valence-corrected chi connectivity index (χ4v) is 2.81. The summed E-state index contributed by atoms with van der Waals surface area (Å²) in [5.41, 5.74) is 2.72. The summed E-state index contributed by atoms with van der Waals surface area (Å²) >= 11 is 0. The number of aryl methyl sites for hydroxylation is 1. The van der Waals surface area contributed by atoms with Crippen LogP contribution in [-0.4, -0.2) is 35.7 Å². The van der Waals surface area contributed by atoms with Crippen molar-refractivity contribution in [1.82, 2.24) is 14.9 Å². The Hall–Kier alpha value is -1.03. The van der Waals surface area contributed by atoms with E-state index in [1.54, 1.807) is 0 Å². The third-order valence-corrected chi connectivity index (χ3v) is 3.70. The Morgan fingerprint density at radius 2 is 1.94 bits per heavy atom. The zero-order chi connectivity index (χ0) is 11.0. The highest BCUT2D eigenvalue weighted by molar-refractivity contribution is 5.38. The SMILES string of the molecule is Cc1nc(N2CCNCC2)n2c1CCCC2. The number of hydrogen-bond donors (Lipinski definition) is 1. The quantitative estimate of drug-likeness (QED) is 0.764. The highest BCUT2D eigenvalue weighted by Gasteiger charge is 2.22. The number of nitrogens with one attached hydrogen (secondary N) is 1. The summed E-state index contributed by atoms with van der Waals surface area (Å²) in [6, 6.07) is 0. The molecule has 0 aromatic carbocycles. The minimum Gasteiger partial charge on any atom is -0.340 e. The van der Waals surface area contributed by atoms with E-state index in [0.717, 1.165) is 32.7 Å². The van der Waals surface area contributed by atoms with Crippen LogP contribution in [0.4, 0.5) is 5.95 Å². The van der Waals surface area contributed by atoms with Gasteiger partial charge in [-0.25, -0.2) is 4.98 Å². The van der Waals surface area contributed by atoms with E-state index in [1.807, 2.05) is 0 Å². The van der Waals surface area contributed by atoms with E-state index in [9.17, 15) is 0 Å². The molecule has 1 aromatic heterocycles. The molecule has 0 spiro atoms. The van der Waals surface area contributed by atoms with Gasteiger partial charge < -0.3 is 14.8 Å². The Labute approximate surface area is 96.7 Å². The summed E-state index contributed by atoms with van der Waals surface area (Å²) in [6.07, 6.45) is 3.85. The van der Waals surface area contributed by atoms with Crippen LogP contribution in [-0.2, 0) is 13.0 Å². The number of anilines is 1. The number of hydrogen-bond acceptors (Lipinski definition) is 3. The van der Waals surface area contributed by atoms with E-state index in [0.29, 0.717) is 0 Å². The number of fused-ring (bicyclic) bond motifs is 1. The molecule has 0 aliphatic carbocycles. The number of piperazine rings is 1. The molecule has 0 amide bonds. The van der Waals surface area contributed by atoms with Crippen LogP contribution in [0.3, 0.4) is 0 Å². The lowest BCUT2D eigenvalue weighted by Crippen LogP contribution is -2.44. The third-order valence-electron chi connectivity index (χ3n) is 3.70. The second-order valence-electron chi connectivity index (χ2n) is 4.79. The first-order valence-electron chi connectivity index (χ1n) is 6.38. The summed E-state index contributed by atoms with van der Waals surface area (Å²) in [4.78, 5) is 7.21. The monoisotopic (exact) mass is 220 g/mol. The number of imidazole rings is 1. The molecule has 2 aliphatic rings. The van der Waals surface area contributed by atoms with Gasteiger partial charge in [-0.3, -0.25) is 0 Å². The van der Waals surface area contributed by atoms with Gasteiger partial charge in [0, 0.05) is 38.4 Å². The molecular formula is C12H20N4. The zero-order valence-corrected chi connectivity index (χ0v) is 10.00. The van der Waals surface area contributed by atoms with Gasteiger partial charge in [0.1, 0.15) is 0 Å². The van der Waals surface area contributed by atoms with E-state index in [4.69, 9.17) is 4.98 Å². The van der Waals surface area contributed by atoms with Crippen LogP contribution in [0.25, 0.3) is 0 Å². The average molecular weight is 220 g/mol. The minimum atomic E-state index is 1.08. The molecule has 1 fully saturated rings. The largest absolute Gasteiger partial charge is 0.340 e. The molecule has 16 heavy (non-hydrogen) atoms. The second kappa shape index (κ2) is 4.09. The molecule has 1 saturated heterocycles. The van der Waals surface area contributed by atoms with Crippen LogP contribution in [0.5, 0.6) is 0 Å². The predicted molar refractivity (Wildman–Crippen MR) is 65.0 cm³/mol. The van der Waals surface area contributed by atoms with Crippen LogP contribution in [0, 0.1) is 6.92 Å². The Morgan fingerprint density at radius 3 is 2.75 bits per heavy atom. The van der Waals surface area contributed by atoms with Crippen molar-refractivity contribution in [3.63, 3.8) is 0 Å². The molecule has 3 rings (SSSR count). The molecule has 0 saturated carbocycles. The topological polar surface area (TPSA) is 33.1 Å². The lowest BCUT2D eigenvalue weighted by molar-refractivity contribution is 0.511. The number of aromatic nitrogens is 2. The molecule has 4 heteroatoms. The van der Waals surface area contributed by atoms with Crippen molar-refractivity contribution in [2.45, 2.75) is 32.7 Å². The van der Waals surface area contributed by atoms with Gasteiger partial charge in [0.2, 0.25) is 5.95 Å². The number of nitrogens with zero attached hydrogens (tertiary/aromatic N) is 3. The average Bonchev–Trinajstić information content (AvgIpc) is 2.69. The predicted octanol–water partition coefficient (Wildman–Crippen LogP) is 0.937. The first-order valence-corrected chi connectivity index (χ1v) is 6.38. The first-order chi connectivity index (χ1) is 7.86. The molecule has 0 atom stereocenters. The van der Waals surface area contributed by atoms with E-state index in [2.05, 4.69) is 21.7 Å². The lowest BCUT2D eigenvalue weighted by Gasteiger charge is -2.30. The van der Waals surface area contributed by atoms with Gasteiger partial charge in [-0.05, 0) is 26.2 Å². The summed E-state index contributed by atoms with van der Waals surface area (Å²) in [6.45, 7) is 7.67. The van der Waals surface area contributed by atoms with Crippen molar-refractivity contribution >= 4 is 5.95 Å². The fraction of sp³-hybridized carbons (Fsp3) is 0.750. The Morgan fingerprint density at radius 1 is 1.12 bits per heavy atom. The second-order valence-corrected chi connectivity index (χ2v) is 4.79. The van der Waals surface area contributed by atoms with Crippen molar-refractivity contribution < 1.29 is 0 Å². The van der Waals surface area contributed by atoms with Gasteiger partial charge >= 0.3 is 0 Å². The molecule has 1 N–H and O–H groups in total. The summed E-state index contributed by atoms with van der Waals surface area (Å²) in [7, 11) is 0. The Kier molecular flexibility index (Phi) is 2.59. The molecule has 3 heterocycles. The molecule has 0 radical (unpaired) electrons. The van der Waals surface area contributed by atoms with E-state index in [-0.39, 0.29) is 0 Å². The van der Waals surface area contributed by atoms with Crippen LogP contribution in [0.15, 0.2) is 0 Å². The van der Waals surface area contributed by atoms with E-state index >= 15 is 0 Å². The van der Waals surface area contributed by atoms with E-state index in [1.165, 1.54) is 36.6 Å². The molecule has 88 valence electrons. The minimum absolute atomic E-state index is 1.08. The zero-order valence-electron chi connectivity index (χ0n) is 10.00. The first kappa shape index (κ1) is 10.1. The summed E-state index contributed by atoms with van der Waals surface area (Å²) < 4.78 is 2.45. The third kappa shape index (κ3) is 1.61. The number of rotatable bonds is 1. The lowest BCUT2D eigenvalue weighted by atomic mass is 10.1. The van der Waals surface area contributed by atoms with Crippen LogP contribution in [0.2, 0.25) is 0 Å². The van der Waals surface area contributed by atoms with Crippen molar-refractivity contribution in [2.75, 3.05) is 31.1 Å². The highest BCUT2D eigenvalue weighted by atomic mass is 15.3. The molecular weight excluding hydrogens is 200 g/mol. The molecule has 0 bridgehead atoms. The molecule has 1 aromatic rings. The fourth-order valence-electron chi connectivity index (χ4n) is 2.81. The molecule has 2 aliphatic heterocycles. The van der Waals surface area contributed by atoms with E-state index < -0.39 is 0 Å². The summed E-state index contributed by atoms with van der Waals surface area (Å²) in [5.74, 6) is 1.22. The normalized spacial score (nSPS) is 20.9. The van der Waals surface area contributed by atoms with Crippen LogP contribution < -0.4 is 10.2 Å². The van der Waals surface area contributed by atoms with Gasteiger partial charge in [-0.2, -0.15) is 0 Å². The maximum atomic E-state index is 4.78. The van der Waals surface area contributed by atoms with Crippen molar-refractivity contribution in [2.24, 2.45) is 0 Å². The van der Waals surface area contributed by atoms with Crippen molar-refractivity contribution in [3.8, 4) is 0 Å². The van der Waals surface area contributed by atoms with Gasteiger partial charge in [-0.15, -0.1) is 0 Å². The van der Waals surface area contributed by atoms with Crippen molar-refractivity contribution in [3.05, 3.63) is 11.4 Å². The highest BCUT2D eigenvalue weighted by Crippen LogP contribution is 2.25. The van der Waals surface area contributed by atoms with Gasteiger partial charge in [0.25, 0.3) is 0 Å². The Balaban J connectivity index is 1.93. The summed E-state index contributed by atoms with van der Waals surface area (Å²) in [5, 5.41) is 3.39. The van der Waals surface area contributed by atoms with Crippen LogP contribution in [0.1, 0.15) is 24.2 Å². The van der Waals surface area contributed by atoms with Gasteiger partial charge in [-0.1, -0.05) is 0 Å².